The van der Waals surface area contributed by atoms with Crippen molar-refractivity contribution in [1.29, 1.82) is 0 Å². The Balaban J connectivity index is 1.58. The first-order chi connectivity index (χ1) is 16.0. The Kier molecular flexibility index (Phi) is 6.40. The van der Waals surface area contributed by atoms with Gasteiger partial charge in [0.2, 0.25) is 10.0 Å². The lowest BCUT2D eigenvalue weighted by Gasteiger charge is -2.30. The van der Waals surface area contributed by atoms with Gasteiger partial charge in [-0.25, -0.2) is 22.2 Å². The number of sulfonamides is 1. The average molecular weight is 483 g/mol. The number of fused-ring (bicyclic) bond motifs is 1. The minimum Gasteiger partial charge on any atom is -0.382 e. The summed E-state index contributed by atoms with van der Waals surface area (Å²) in [6.07, 6.45) is 5.55. The molecule has 0 saturated heterocycles. The van der Waals surface area contributed by atoms with E-state index in [1.165, 1.54) is 12.1 Å². The first-order valence-electron chi connectivity index (χ1n) is 11.4. The van der Waals surface area contributed by atoms with Gasteiger partial charge in [-0.1, -0.05) is 23.8 Å². The van der Waals surface area contributed by atoms with Gasteiger partial charge in [-0.3, -0.25) is 0 Å². The highest BCUT2D eigenvalue weighted by atomic mass is 32.2. The van der Waals surface area contributed by atoms with Crippen LogP contribution in [0.3, 0.4) is 0 Å². The zero-order valence-electron chi connectivity index (χ0n) is 20.2. The van der Waals surface area contributed by atoms with Gasteiger partial charge in [-0.15, -0.1) is 0 Å². The molecule has 180 valence electrons. The van der Waals surface area contributed by atoms with Crippen LogP contribution in [-0.2, 0) is 10.0 Å². The Morgan fingerprint density at radius 3 is 2.38 bits per heavy atom. The van der Waals surface area contributed by atoms with E-state index in [0.717, 1.165) is 51.5 Å². The monoisotopic (exact) mass is 482 g/mol. The highest BCUT2D eigenvalue weighted by molar-refractivity contribution is 7.89. The standard InChI is InChI=1S/C26H31FN4O2S/c1-17-13-18(2)25(19(3)14-17)34(32,33)29-16-26(4,5)30-23-7-6-8-24-22(23)15-28-31(24)21-11-9-20(27)10-12-21/h8-15,29-30H,6-7,16H2,1-5H3. The first kappa shape index (κ1) is 24.2. The predicted octanol–water partition coefficient (Wildman–Crippen LogP) is 2.97. The molecule has 8 heteroatoms. The molecule has 4 rings (SSSR count). The van der Waals surface area contributed by atoms with E-state index in [-0.39, 0.29) is 12.4 Å². The number of halogens is 1. The third-order valence-electron chi connectivity index (χ3n) is 6.00. The molecular formula is C26H31FN4O2S. The fourth-order valence-electron chi connectivity index (χ4n) is 4.58. The van der Waals surface area contributed by atoms with E-state index in [0.29, 0.717) is 4.90 Å². The molecule has 0 radical (unpaired) electrons. The Bertz CT molecular complexity index is 1430. The summed E-state index contributed by atoms with van der Waals surface area (Å²) in [6.45, 7) is 9.78. The zero-order chi connectivity index (χ0) is 24.7. The first-order valence-corrected chi connectivity index (χ1v) is 12.8. The molecule has 0 atom stereocenters. The molecule has 2 aromatic carbocycles. The number of aryl methyl sites for hydroxylation is 3. The second-order valence-electron chi connectivity index (χ2n) is 9.61. The minimum atomic E-state index is -3.66. The topological polar surface area (TPSA) is 76.0 Å². The Labute approximate surface area is 200 Å². The van der Waals surface area contributed by atoms with Gasteiger partial charge in [0.15, 0.2) is 0 Å². The maximum Gasteiger partial charge on any atom is 0.241 e. The second-order valence-corrected chi connectivity index (χ2v) is 11.3. The van der Waals surface area contributed by atoms with Crippen LogP contribution in [0.4, 0.5) is 4.39 Å². The molecule has 0 bridgehead atoms. The van der Waals surface area contributed by atoms with E-state index in [1.54, 1.807) is 23.0 Å². The largest absolute Gasteiger partial charge is 0.382 e. The normalized spacial score (nSPS) is 14.0. The third-order valence-corrected chi connectivity index (χ3v) is 7.71. The Morgan fingerprint density at radius 1 is 1.09 bits per heavy atom. The van der Waals surface area contributed by atoms with E-state index >= 15 is 0 Å². The summed E-state index contributed by atoms with van der Waals surface area (Å²) >= 11 is 0. The molecule has 3 aromatic rings. The summed E-state index contributed by atoms with van der Waals surface area (Å²) in [7, 11) is -3.66. The number of hydrogen-bond donors (Lipinski definition) is 2. The number of benzene rings is 2. The summed E-state index contributed by atoms with van der Waals surface area (Å²) in [6, 6.07) is 10.0. The van der Waals surface area contributed by atoms with Crippen LogP contribution in [0.2, 0.25) is 0 Å². The molecule has 0 fully saturated rings. The van der Waals surface area contributed by atoms with Gasteiger partial charge in [-0.05, 0) is 82.9 Å². The molecule has 0 spiro atoms. The maximum atomic E-state index is 13.3. The molecule has 0 amide bonds. The summed E-state index contributed by atoms with van der Waals surface area (Å²) in [4.78, 5) is 0.344. The van der Waals surface area contributed by atoms with E-state index in [9.17, 15) is 12.8 Å². The van der Waals surface area contributed by atoms with Crippen LogP contribution in [0.5, 0.6) is 0 Å². The molecule has 0 unspecified atom stereocenters. The molecule has 1 heterocycles. The van der Waals surface area contributed by atoms with Crippen LogP contribution in [-0.4, -0.2) is 30.3 Å². The van der Waals surface area contributed by atoms with Crippen molar-refractivity contribution in [1.82, 2.24) is 19.8 Å². The van der Waals surface area contributed by atoms with Gasteiger partial charge in [0, 0.05) is 23.0 Å². The van der Waals surface area contributed by atoms with Crippen molar-refractivity contribution in [2.45, 2.75) is 57.9 Å². The number of nitrogens with one attached hydrogen (secondary N) is 2. The van der Waals surface area contributed by atoms with Crippen molar-refractivity contribution in [2.75, 3.05) is 6.54 Å². The van der Waals surface area contributed by atoms with Crippen LogP contribution in [0.1, 0.15) is 43.4 Å². The van der Waals surface area contributed by atoms with Gasteiger partial charge in [0.25, 0.3) is 0 Å². The van der Waals surface area contributed by atoms with Crippen molar-refractivity contribution in [2.24, 2.45) is 0 Å². The molecule has 2 N–H and O–H groups in total. The average Bonchev–Trinajstić information content (AvgIpc) is 3.17. The summed E-state index contributed by atoms with van der Waals surface area (Å²) in [5, 5.41) is 9.98. The lowest BCUT2D eigenvalue weighted by atomic mass is 10.0. The lowest BCUT2D eigenvalue weighted by molar-refractivity contribution is 0.436. The van der Waals surface area contributed by atoms with E-state index in [4.69, 9.17) is 0 Å². The van der Waals surface area contributed by atoms with Gasteiger partial charge in [0.1, 0.15) is 5.82 Å². The molecule has 0 saturated carbocycles. The van der Waals surface area contributed by atoms with Crippen LogP contribution < -0.4 is 20.6 Å². The fraction of sp³-hybridized carbons (Fsp3) is 0.346. The van der Waals surface area contributed by atoms with Crippen LogP contribution in [0.25, 0.3) is 17.5 Å². The highest BCUT2D eigenvalue weighted by Gasteiger charge is 2.26. The van der Waals surface area contributed by atoms with Gasteiger partial charge in [0.05, 0.1) is 22.1 Å². The van der Waals surface area contributed by atoms with Gasteiger partial charge >= 0.3 is 0 Å². The smallest absolute Gasteiger partial charge is 0.241 e. The quantitative estimate of drug-likeness (QED) is 0.543. The molecule has 1 aliphatic carbocycles. The Morgan fingerprint density at radius 2 is 1.74 bits per heavy atom. The number of hydrogen-bond acceptors (Lipinski definition) is 4. The number of nitrogens with zero attached hydrogens (tertiary/aromatic N) is 2. The minimum absolute atomic E-state index is 0.219. The van der Waals surface area contributed by atoms with Crippen molar-refractivity contribution < 1.29 is 12.8 Å². The zero-order valence-corrected chi connectivity index (χ0v) is 21.1. The fourth-order valence-corrected chi connectivity index (χ4v) is 6.24. The van der Waals surface area contributed by atoms with Gasteiger partial charge in [-0.2, -0.15) is 5.10 Å². The molecule has 34 heavy (non-hydrogen) atoms. The summed E-state index contributed by atoms with van der Waals surface area (Å²) in [5.41, 5.74) is 3.78. The summed E-state index contributed by atoms with van der Waals surface area (Å²) in [5.74, 6) is -0.289. The molecule has 0 aliphatic heterocycles. The van der Waals surface area contributed by atoms with Crippen molar-refractivity contribution in [3.05, 3.63) is 75.7 Å². The Hall–Kier alpha value is -2.97. The van der Waals surface area contributed by atoms with Crippen LogP contribution in [0, 0.1) is 26.6 Å². The number of rotatable bonds is 7. The maximum absolute atomic E-state index is 13.3. The van der Waals surface area contributed by atoms with E-state index in [1.807, 2.05) is 46.8 Å². The van der Waals surface area contributed by atoms with E-state index < -0.39 is 15.6 Å². The number of aromatic nitrogens is 2. The molecule has 1 aromatic heterocycles. The summed E-state index contributed by atoms with van der Waals surface area (Å²) < 4.78 is 44.2. The predicted molar refractivity (Wildman–Crippen MR) is 133 cm³/mol. The van der Waals surface area contributed by atoms with Gasteiger partial charge < -0.3 is 5.32 Å². The van der Waals surface area contributed by atoms with Crippen molar-refractivity contribution in [3.8, 4) is 5.69 Å². The SMILES string of the molecule is Cc1cc(C)c(S(=O)(=O)NCC(C)(C)NC2=c3cnn(-c4ccc(F)cc4)c3=CCC2)c(C)c1. The van der Waals surface area contributed by atoms with Crippen molar-refractivity contribution in [3.63, 3.8) is 0 Å². The molecule has 1 aliphatic rings. The second kappa shape index (κ2) is 9.00. The van der Waals surface area contributed by atoms with Crippen molar-refractivity contribution >= 4 is 21.8 Å². The van der Waals surface area contributed by atoms with E-state index in [2.05, 4.69) is 21.2 Å². The lowest BCUT2D eigenvalue weighted by Crippen LogP contribution is -2.50. The molecule has 6 nitrogen and oxygen atoms in total. The van der Waals surface area contributed by atoms with Crippen LogP contribution in [0.15, 0.2) is 47.5 Å². The molecular weight excluding hydrogens is 451 g/mol. The highest BCUT2D eigenvalue weighted by Crippen LogP contribution is 2.22. The third kappa shape index (κ3) is 4.93. The van der Waals surface area contributed by atoms with Crippen LogP contribution >= 0.6 is 0 Å².